The number of aromatic nitrogens is 1. The Bertz CT molecular complexity index is 852. The first-order chi connectivity index (χ1) is 13.2. The summed E-state index contributed by atoms with van der Waals surface area (Å²) in [6, 6.07) is 6.78. The van der Waals surface area contributed by atoms with Gasteiger partial charge in [0.25, 0.3) is 0 Å². The van der Waals surface area contributed by atoms with Crippen LogP contribution in [0.3, 0.4) is 0 Å². The van der Waals surface area contributed by atoms with Gasteiger partial charge in [0.05, 0.1) is 6.20 Å². The second-order valence-electron chi connectivity index (χ2n) is 6.48. The van der Waals surface area contributed by atoms with Gasteiger partial charge in [-0.1, -0.05) is 33.2 Å². The first-order valence-electron chi connectivity index (χ1n) is 8.59. The zero-order valence-electron chi connectivity index (χ0n) is 14.6. The lowest BCUT2D eigenvalue weighted by molar-refractivity contribution is -0.174. The minimum atomic E-state index is -4.92. The molecule has 10 heteroatoms. The van der Waals surface area contributed by atoms with Crippen LogP contribution in [0.5, 0.6) is 0 Å². The third kappa shape index (κ3) is 4.92. The fraction of sp³-hybridized carbons (Fsp3) is 0.389. The molecule has 1 saturated heterocycles. The van der Waals surface area contributed by atoms with Crippen LogP contribution in [0.15, 0.2) is 39.5 Å². The predicted molar refractivity (Wildman–Crippen MR) is 97.1 cm³/mol. The maximum Gasteiger partial charge on any atom is 0.471 e. The third-order valence-electron chi connectivity index (χ3n) is 4.49. The number of nitrogens with zero attached hydrogens (tertiary/aromatic N) is 2. The molecule has 3 rings (SSSR count). The van der Waals surface area contributed by atoms with Crippen molar-refractivity contribution in [3.05, 3.63) is 40.5 Å². The molecule has 2 aromatic rings. The van der Waals surface area contributed by atoms with E-state index in [0.717, 1.165) is 15.6 Å². The van der Waals surface area contributed by atoms with E-state index >= 15 is 0 Å². The van der Waals surface area contributed by atoms with E-state index in [0.29, 0.717) is 25.1 Å². The van der Waals surface area contributed by atoms with Crippen molar-refractivity contribution < 1.29 is 27.3 Å². The Labute approximate surface area is 167 Å². The van der Waals surface area contributed by atoms with E-state index in [9.17, 15) is 22.8 Å². The van der Waals surface area contributed by atoms with Crippen LogP contribution in [0.4, 0.5) is 13.2 Å². The molecule has 2 heterocycles. The zero-order chi connectivity index (χ0) is 20.3. The molecular formula is C18H17BrF3N3O3. The highest BCUT2D eigenvalue weighted by molar-refractivity contribution is 9.10. The molecule has 1 unspecified atom stereocenters. The van der Waals surface area contributed by atoms with Gasteiger partial charge in [-0.2, -0.15) is 13.2 Å². The number of benzene rings is 1. The van der Waals surface area contributed by atoms with Crippen molar-refractivity contribution in [1.29, 1.82) is 0 Å². The number of hydrogen-bond acceptors (Lipinski definition) is 4. The SMILES string of the molecule is O=C(CCc1cnoc1-c1ccc(Br)cc1)N1CCC(NC(=O)C(F)(F)F)C1. The Morgan fingerprint density at radius 1 is 1.29 bits per heavy atom. The number of nitrogens with one attached hydrogen (secondary N) is 1. The Balaban J connectivity index is 1.54. The second-order valence-corrected chi connectivity index (χ2v) is 7.40. The van der Waals surface area contributed by atoms with Gasteiger partial charge in [-0.15, -0.1) is 0 Å². The van der Waals surface area contributed by atoms with Crippen molar-refractivity contribution >= 4 is 27.7 Å². The Morgan fingerprint density at radius 2 is 2.00 bits per heavy atom. The minimum Gasteiger partial charge on any atom is -0.356 e. The van der Waals surface area contributed by atoms with Crippen molar-refractivity contribution in [2.45, 2.75) is 31.5 Å². The fourth-order valence-corrected chi connectivity index (χ4v) is 3.31. The molecule has 0 bridgehead atoms. The summed E-state index contributed by atoms with van der Waals surface area (Å²) in [5, 5.41) is 5.72. The average Bonchev–Trinajstić information content (AvgIpc) is 3.29. The van der Waals surface area contributed by atoms with E-state index in [4.69, 9.17) is 4.52 Å². The highest BCUT2D eigenvalue weighted by Crippen LogP contribution is 2.26. The summed E-state index contributed by atoms with van der Waals surface area (Å²) >= 11 is 3.36. The molecule has 0 aliphatic carbocycles. The molecular weight excluding hydrogens is 443 g/mol. The highest BCUT2D eigenvalue weighted by atomic mass is 79.9. The number of aryl methyl sites for hydroxylation is 1. The van der Waals surface area contributed by atoms with Crippen LogP contribution in [0.2, 0.25) is 0 Å². The topological polar surface area (TPSA) is 75.4 Å². The van der Waals surface area contributed by atoms with Crippen LogP contribution >= 0.6 is 15.9 Å². The fourth-order valence-electron chi connectivity index (χ4n) is 3.05. The average molecular weight is 460 g/mol. The van der Waals surface area contributed by atoms with Crippen LogP contribution in [0, 0.1) is 0 Å². The van der Waals surface area contributed by atoms with E-state index in [1.165, 1.54) is 4.90 Å². The molecule has 1 N–H and O–H groups in total. The van der Waals surface area contributed by atoms with E-state index in [1.807, 2.05) is 29.6 Å². The quantitative estimate of drug-likeness (QED) is 0.743. The van der Waals surface area contributed by atoms with Gasteiger partial charge in [0.1, 0.15) is 0 Å². The zero-order valence-corrected chi connectivity index (χ0v) is 16.2. The van der Waals surface area contributed by atoms with Gasteiger partial charge in [-0.3, -0.25) is 9.59 Å². The molecule has 0 saturated carbocycles. The van der Waals surface area contributed by atoms with Crippen molar-refractivity contribution in [2.75, 3.05) is 13.1 Å². The monoisotopic (exact) mass is 459 g/mol. The standard InChI is InChI=1S/C18H17BrF3N3O3/c19-13-4-1-11(2-5-13)16-12(9-23-28-16)3-6-15(26)25-8-7-14(10-25)24-17(27)18(20,21)22/h1-2,4-5,9,14H,3,6-8,10H2,(H,24,27). The smallest absolute Gasteiger partial charge is 0.356 e. The molecule has 1 aliphatic heterocycles. The number of carbonyl (C=O) groups excluding carboxylic acids is 2. The maximum atomic E-state index is 12.4. The number of alkyl halides is 3. The van der Waals surface area contributed by atoms with Gasteiger partial charge in [0.2, 0.25) is 5.91 Å². The lowest BCUT2D eigenvalue weighted by Crippen LogP contribution is -2.44. The van der Waals surface area contributed by atoms with E-state index in [2.05, 4.69) is 21.1 Å². The predicted octanol–water partition coefficient (Wildman–Crippen LogP) is 3.32. The number of rotatable bonds is 5. The van der Waals surface area contributed by atoms with Gasteiger partial charge in [0.15, 0.2) is 5.76 Å². The number of hydrogen-bond donors (Lipinski definition) is 1. The molecule has 1 aliphatic rings. The third-order valence-corrected chi connectivity index (χ3v) is 5.02. The Hall–Kier alpha value is -2.36. The van der Waals surface area contributed by atoms with Gasteiger partial charge in [-0.25, -0.2) is 0 Å². The molecule has 1 atom stereocenters. The molecule has 1 aromatic heterocycles. The minimum absolute atomic E-state index is 0.0733. The lowest BCUT2D eigenvalue weighted by Gasteiger charge is -2.17. The van der Waals surface area contributed by atoms with Gasteiger partial charge >= 0.3 is 12.1 Å². The maximum absolute atomic E-state index is 12.4. The van der Waals surface area contributed by atoms with Crippen molar-refractivity contribution in [3.8, 4) is 11.3 Å². The number of likely N-dealkylation sites (tertiary alicyclic amines) is 1. The molecule has 28 heavy (non-hydrogen) atoms. The summed E-state index contributed by atoms with van der Waals surface area (Å²) in [6.45, 7) is 0.384. The largest absolute Gasteiger partial charge is 0.471 e. The molecule has 1 aromatic carbocycles. The summed E-state index contributed by atoms with van der Waals surface area (Å²) in [4.78, 5) is 24.9. The number of carbonyl (C=O) groups is 2. The first kappa shape index (κ1) is 20.4. The molecule has 2 amide bonds. The van der Waals surface area contributed by atoms with Gasteiger partial charge in [0, 0.05) is 41.2 Å². The van der Waals surface area contributed by atoms with Crippen molar-refractivity contribution in [2.24, 2.45) is 0 Å². The molecule has 0 radical (unpaired) electrons. The summed E-state index contributed by atoms with van der Waals surface area (Å²) in [6.07, 6.45) is -2.50. The van der Waals surface area contributed by atoms with Crippen LogP contribution < -0.4 is 5.32 Å². The Morgan fingerprint density at radius 3 is 2.68 bits per heavy atom. The second kappa shape index (κ2) is 8.34. The number of halogens is 4. The van der Waals surface area contributed by atoms with E-state index in [-0.39, 0.29) is 18.9 Å². The van der Waals surface area contributed by atoms with E-state index in [1.54, 1.807) is 6.20 Å². The Kier molecular flexibility index (Phi) is 6.07. The normalized spacial score (nSPS) is 17.0. The van der Waals surface area contributed by atoms with E-state index < -0.39 is 18.1 Å². The lowest BCUT2D eigenvalue weighted by atomic mass is 10.1. The summed E-state index contributed by atoms with van der Waals surface area (Å²) in [7, 11) is 0. The molecule has 6 nitrogen and oxygen atoms in total. The number of amides is 2. The molecule has 0 spiro atoms. The van der Waals surface area contributed by atoms with Gasteiger partial charge in [-0.05, 0) is 25.0 Å². The van der Waals surface area contributed by atoms with Crippen LogP contribution in [0.25, 0.3) is 11.3 Å². The van der Waals surface area contributed by atoms with Crippen LogP contribution in [0.1, 0.15) is 18.4 Å². The molecule has 150 valence electrons. The summed E-state index contributed by atoms with van der Waals surface area (Å²) in [5.41, 5.74) is 1.61. The van der Waals surface area contributed by atoms with Gasteiger partial charge < -0.3 is 14.7 Å². The highest BCUT2D eigenvalue weighted by Gasteiger charge is 2.41. The van der Waals surface area contributed by atoms with Crippen LogP contribution in [-0.2, 0) is 16.0 Å². The van der Waals surface area contributed by atoms with Crippen molar-refractivity contribution in [1.82, 2.24) is 15.4 Å². The summed E-state index contributed by atoms with van der Waals surface area (Å²) in [5.74, 6) is -1.58. The van der Waals surface area contributed by atoms with Crippen molar-refractivity contribution in [3.63, 3.8) is 0 Å². The first-order valence-corrected chi connectivity index (χ1v) is 9.38. The molecule has 1 fully saturated rings. The summed E-state index contributed by atoms with van der Waals surface area (Å²) < 4.78 is 43.2. The van der Waals surface area contributed by atoms with Crippen LogP contribution in [-0.4, -0.2) is 47.2 Å².